The molecule has 0 spiro atoms. The number of hydrogen-bond donors (Lipinski definition) is 1. The zero-order chi connectivity index (χ0) is 15.2. The van der Waals surface area contributed by atoms with Crippen LogP contribution in [0.1, 0.15) is 45.4 Å². The lowest BCUT2D eigenvalue weighted by Crippen LogP contribution is -2.33. The molecular formula is C15H28N6. The summed E-state index contributed by atoms with van der Waals surface area (Å²) < 4.78 is 0. The molecule has 6 heteroatoms. The molecule has 0 amide bonds. The van der Waals surface area contributed by atoms with Crippen LogP contribution in [-0.4, -0.2) is 48.7 Å². The number of nitrogens with one attached hydrogen (secondary N) is 1. The van der Waals surface area contributed by atoms with Crippen LogP contribution in [0.2, 0.25) is 0 Å². The first-order valence-electron chi connectivity index (χ1n) is 8.02. The Hall–Kier alpha value is -1.59. The molecule has 6 nitrogen and oxygen atoms in total. The van der Waals surface area contributed by atoms with Crippen molar-refractivity contribution in [3.05, 3.63) is 0 Å². The van der Waals surface area contributed by atoms with Crippen LogP contribution < -0.4 is 15.1 Å². The molecule has 0 bridgehead atoms. The van der Waals surface area contributed by atoms with Crippen molar-refractivity contribution in [3.63, 3.8) is 0 Å². The Labute approximate surface area is 128 Å². The van der Waals surface area contributed by atoms with E-state index in [1.165, 1.54) is 38.5 Å². The van der Waals surface area contributed by atoms with Crippen molar-refractivity contribution >= 4 is 17.8 Å². The van der Waals surface area contributed by atoms with E-state index in [1.807, 2.05) is 25.9 Å². The van der Waals surface area contributed by atoms with Crippen LogP contribution in [0.15, 0.2) is 0 Å². The summed E-state index contributed by atoms with van der Waals surface area (Å²) in [6.45, 7) is 2.86. The van der Waals surface area contributed by atoms with Crippen LogP contribution in [0.25, 0.3) is 0 Å². The van der Waals surface area contributed by atoms with Crippen LogP contribution >= 0.6 is 0 Å². The normalized spacial score (nSPS) is 16.4. The van der Waals surface area contributed by atoms with Gasteiger partial charge in [-0.1, -0.05) is 25.7 Å². The molecule has 0 aliphatic heterocycles. The van der Waals surface area contributed by atoms with Gasteiger partial charge in [0.25, 0.3) is 0 Å². The molecule has 1 aromatic heterocycles. The summed E-state index contributed by atoms with van der Waals surface area (Å²) in [5.74, 6) is 2.14. The Morgan fingerprint density at radius 3 is 2.14 bits per heavy atom. The third-order valence-corrected chi connectivity index (χ3v) is 4.03. The fraction of sp³-hybridized carbons (Fsp3) is 0.800. The summed E-state index contributed by atoms with van der Waals surface area (Å²) in [6, 6.07) is 0.541. The van der Waals surface area contributed by atoms with Gasteiger partial charge in [0.15, 0.2) is 0 Å². The second-order valence-corrected chi connectivity index (χ2v) is 5.94. The molecule has 0 radical (unpaired) electrons. The van der Waals surface area contributed by atoms with Gasteiger partial charge in [-0.3, -0.25) is 0 Å². The van der Waals surface area contributed by atoms with Crippen molar-refractivity contribution in [3.8, 4) is 0 Å². The van der Waals surface area contributed by atoms with E-state index in [2.05, 4.69) is 32.2 Å². The van der Waals surface area contributed by atoms with Gasteiger partial charge in [-0.2, -0.15) is 15.0 Å². The predicted octanol–water partition coefficient (Wildman–Crippen LogP) is 2.53. The molecule has 1 aromatic rings. The van der Waals surface area contributed by atoms with Gasteiger partial charge in [-0.25, -0.2) is 0 Å². The third kappa shape index (κ3) is 4.19. The minimum absolute atomic E-state index is 0.541. The average molecular weight is 292 g/mol. The van der Waals surface area contributed by atoms with Crippen molar-refractivity contribution in [2.45, 2.75) is 51.5 Å². The van der Waals surface area contributed by atoms with Crippen LogP contribution in [0.4, 0.5) is 17.8 Å². The highest BCUT2D eigenvalue weighted by Crippen LogP contribution is 2.24. The van der Waals surface area contributed by atoms with E-state index in [4.69, 9.17) is 0 Å². The van der Waals surface area contributed by atoms with E-state index in [9.17, 15) is 0 Å². The minimum atomic E-state index is 0.541. The van der Waals surface area contributed by atoms with Crippen molar-refractivity contribution in [2.75, 3.05) is 42.8 Å². The second-order valence-electron chi connectivity index (χ2n) is 5.94. The van der Waals surface area contributed by atoms with E-state index in [1.54, 1.807) is 0 Å². The smallest absolute Gasteiger partial charge is 0.231 e. The maximum Gasteiger partial charge on any atom is 0.231 e. The monoisotopic (exact) mass is 292 g/mol. The van der Waals surface area contributed by atoms with Gasteiger partial charge < -0.3 is 15.1 Å². The lowest BCUT2D eigenvalue weighted by Gasteiger charge is -2.28. The maximum atomic E-state index is 4.61. The lowest BCUT2D eigenvalue weighted by molar-refractivity contribution is 0.544. The molecule has 0 saturated heterocycles. The summed E-state index contributed by atoms with van der Waals surface area (Å²) in [6.07, 6.45) is 7.79. The summed E-state index contributed by atoms with van der Waals surface area (Å²) in [5, 5.41) is 3.20. The molecule has 1 aliphatic carbocycles. The van der Waals surface area contributed by atoms with Crippen LogP contribution in [0.5, 0.6) is 0 Å². The third-order valence-electron chi connectivity index (χ3n) is 4.03. The lowest BCUT2D eigenvalue weighted by atomic mass is 10.1. The van der Waals surface area contributed by atoms with E-state index in [-0.39, 0.29) is 0 Å². The van der Waals surface area contributed by atoms with E-state index >= 15 is 0 Å². The molecule has 0 atom stereocenters. The summed E-state index contributed by atoms with van der Waals surface area (Å²) in [4.78, 5) is 17.8. The van der Waals surface area contributed by atoms with Gasteiger partial charge in [-0.15, -0.1) is 0 Å². The van der Waals surface area contributed by atoms with Gasteiger partial charge in [0.1, 0.15) is 0 Å². The topological polar surface area (TPSA) is 57.2 Å². The van der Waals surface area contributed by atoms with E-state index in [0.29, 0.717) is 17.9 Å². The van der Waals surface area contributed by atoms with Crippen molar-refractivity contribution in [1.82, 2.24) is 15.0 Å². The summed E-state index contributed by atoms with van der Waals surface area (Å²) in [5.41, 5.74) is 0. The zero-order valence-corrected chi connectivity index (χ0v) is 13.8. The Morgan fingerprint density at radius 2 is 1.57 bits per heavy atom. The Balaban J connectivity index is 2.23. The molecule has 0 aromatic carbocycles. The molecule has 2 rings (SSSR count). The quantitative estimate of drug-likeness (QED) is 0.842. The van der Waals surface area contributed by atoms with Gasteiger partial charge in [0.05, 0.1) is 0 Å². The number of rotatable bonds is 5. The van der Waals surface area contributed by atoms with Gasteiger partial charge in [0.2, 0.25) is 17.8 Å². The van der Waals surface area contributed by atoms with Crippen LogP contribution in [-0.2, 0) is 0 Å². The number of anilines is 3. The fourth-order valence-corrected chi connectivity index (χ4v) is 2.76. The Kier molecular flexibility index (Phi) is 5.59. The number of hydrogen-bond acceptors (Lipinski definition) is 6. The molecule has 1 aliphatic rings. The first-order valence-corrected chi connectivity index (χ1v) is 8.02. The SMILES string of the molecule is CCNc1nc(N(C)C)nc(N(C)C2CCCCCC2)n1. The average Bonchev–Trinajstić information content (AvgIpc) is 2.75. The highest BCUT2D eigenvalue weighted by Gasteiger charge is 2.20. The van der Waals surface area contributed by atoms with Crippen molar-refractivity contribution in [1.29, 1.82) is 0 Å². The first-order chi connectivity index (χ1) is 10.1. The van der Waals surface area contributed by atoms with Gasteiger partial charge in [-0.05, 0) is 19.8 Å². The predicted molar refractivity (Wildman–Crippen MR) is 88.2 cm³/mol. The first kappa shape index (κ1) is 15.8. The highest BCUT2D eigenvalue weighted by atomic mass is 15.3. The largest absolute Gasteiger partial charge is 0.354 e. The molecule has 1 saturated carbocycles. The van der Waals surface area contributed by atoms with Crippen molar-refractivity contribution < 1.29 is 0 Å². The molecule has 1 fully saturated rings. The second kappa shape index (κ2) is 7.43. The zero-order valence-electron chi connectivity index (χ0n) is 13.8. The maximum absolute atomic E-state index is 4.61. The van der Waals surface area contributed by atoms with Crippen LogP contribution in [0, 0.1) is 0 Å². The van der Waals surface area contributed by atoms with E-state index < -0.39 is 0 Å². The number of nitrogens with zero attached hydrogens (tertiary/aromatic N) is 5. The summed E-state index contributed by atoms with van der Waals surface area (Å²) in [7, 11) is 6.03. The molecule has 0 unspecified atom stereocenters. The molecule has 1 heterocycles. The fourth-order valence-electron chi connectivity index (χ4n) is 2.76. The highest BCUT2D eigenvalue weighted by molar-refractivity contribution is 5.44. The van der Waals surface area contributed by atoms with Crippen LogP contribution in [0.3, 0.4) is 0 Å². The van der Waals surface area contributed by atoms with Gasteiger partial charge >= 0.3 is 0 Å². The Morgan fingerprint density at radius 1 is 0.952 bits per heavy atom. The molecular weight excluding hydrogens is 264 g/mol. The molecule has 1 N–H and O–H groups in total. The minimum Gasteiger partial charge on any atom is -0.354 e. The number of aromatic nitrogens is 3. The molecule has 21 heavy (non-hydrogen) atoms. The standard InChI is InChI=1S/C15H28N6/c1-5-16-13-17-14(20(2)3)19-15(18-13)21(4)12-10-8-6-7-9-11-12/h12H,5-11H2,1-4H3,(H,16,17,18,19). The summed E-state index contributed by atoms with van der Waals surface area (Å²) >= 11 is 0. The van der Waals surface area contributed by atoms with Gasteiger partial charge in [0, 0.05) is 33.7 Å². The molecule has 118 valence electrons. The van der Waals surface area contributed by atoms with E-state index in [0.717, 1.165) is 12.5 Å². The Bertz CT molecular complexity index is 440. The van der Waals surface area contributed by atoms with Crippen molar-refractivity contribution in [2.24, 2.45) is 0 Å².